The quantitative estimate of drug-likeness (QED) is 0.826. The van der Waals surface area contributed by atoms with Gasteiger partial charge in [-0.05, 0) is 12.1 Å². The van der Waals surface area contributed by atoms with Crippen molar-refractivity contribution in [1.82, 2.24) is 0 Å². The van der Waals surface area contributed by atoms with Gasteiger partial charge in [0.15, 0.2) is 9.84 Å². The van der Waals surface area contributed by atoms with Crippen LogP contribution in [0.3, 0.4) is 0 Å². The maximum absolute atomic E-state index is 12.9. The topological polar surface area (TPSA) is 80.7 Å². The number of carboxylic acid groups (broad SMARTS) is 1. The summed E-state index contributed by atoms with van der Waals surface area (Å²) in [4.78, 5) is 9.71. The largest absolute Gasteiger partial charge is 0.478 e. The number of rotatable bonds is 5. The molecule has 1 rings (SSSR count). The summed E-state index contributed by atoms with van der Waals surface area (Å²) in [6.07, 6.45) is -8.65. The van der Waals surface area contributed by atoms with Crippen LogP contribution in [0.2, 0.25) is 5.02 Å². The number of aromatic carboxylic acids is 1. The Balaban J connectivity index is 3.55. The molecule has 0 aliphatic carbocycles. The van der Waals surface area contributed by atoms with Gasteiger partial charge in [-0.2, -0.15) is 17.6 Å². The summed E-state index contributed by atoms with van der Waals surface area (Å²) in [5, 5.41) is 7.87. The minimum absolute atomic E-state index is 0.516. The Morgan fingerprint density at radius 1 is 1.38 bits per heavy atom. The zero-order chi connectivity index (χ0) is 16.6. The third kappa shape index (κ3) is 3.76. The molecule has 0 aromatic heterocycles. The fraction of sp³-hybridized carbons (Fsp3) is 0.300. The Hall–Kier alpha value is -1.55. The number of sulfone groups is 1. The highest BCUT2D eigenvalue weighted by Crippen LogP contribution is 2.37. The van der Waals surface area contributed by atoms with Crippen LogP contribution in [0.15, 0.2) is 17.0 Å². The molecule has 1 aromatic rings. The van der Waals surface area contributed by atoms with Crippen LogP contribution in [0.25, 0.3) is 0 Å². The third-order valence-electron chi connectivity index (χ3n) is 2.16. The average Bonchev–Trinajstić information content (AvgIpc) is 2.25. The molecule has 0 radical (unpaired) electrons. The number of alkyl halides is 4. The maximum atomic E-state index is 12.9. The SMILES string of the molecule is CS(=O)(=O)c1c(OC(F)(F)C(F)F)ccc(C(=O)O)c1Cl. The van der Waals surface area contributed by atoms with Crippen molar-refractivity contribution in [2.75, 3.05) is 6.26 Å². The Bertz CT molecular complexity index is 674. The van der Waals surface area contributed by atoms with Crippen molar-refractivity contribution >= 4 is 27.4 Å². The minimum atomic E-state index is -4.96. The van der Waals surface area contributed by atoms with Gasteiger partial charge in [0, 0.05) is 6.26 Å². The number of carbonyl (C=O) groups is 1. The summed E-state index contributed by atoms with van der Waals surface area (Å²) in [5.74, 6) is -2.80. The molecule has 1 N–H and O–H groups in total. The van der Waals surface area contributed by atoms with E-state index in [2.05, 4.69) is 4.74 Å². The standard InChI is InChI=1S/C10H7ClF4O5S/c1-21(18,19)7-5(20-10(14,15)9(12)13)3-2-4(6(7)11)8(16)17/h2-3,9H,1H3,(H,16,17). The van der Waals surface area contributed by atoms with Crippen LogP contribution in [0.1, 0.15) is 10.4 Å². The van der Waals surface area contributed by atoms with E-state index in [1.54, 1.807) is 0 Å². The van der Waals surface area contributed by atoms with Crippen molar-refractivity contribution in [2.24, 2.45) is 0 Å². The zero-order valence-corrected chi connectivity index (χ0v) is 11.7. The Morgan fingerprint density at radius 3 is 2.29 bits per heavy atom. The lowest BCUT2D eigenvalue weighted by Crippen LogP contribution is -2.34. The number of hydrogen-bond acceptors (Lipinski definition) is 4. The monoisotopic (exact) mass is 350 g/mol. The van der Waals surface area contributed by atoms with Gasteiger partial charge in [-0.3, -0.25) is 0 Å². The second kappa shape index (κ2) is 5.68. The summed E-state index contributed by atoms with van der Waals surface area (Å²) < 4.78 is 76.6. The van der Waals surface area contributed by atoms with Gasteiger partial charge in [-0.1, -0.05) is 11.6 Å². The molecule has 0 heterocycles. The van der Waals surface area contributed by atoms with Crippen LogP contribution in [0.5, 0.6) is 5.75 Å². The van der Waals surface area contributed by atoms with E-state index in [-0.39, 0.29) is 0 Å². The lowest BCUT2D eigenvalue weighted by molar-refractivity contribution is -0.254. The normalized spacial score (nSPS) is 12.5. The van der Waals surface area contributed by atoms with Crippen LogP contribution in [-0.2, 0) is 9.84 Å². The second-order valence-corrected chi connectivity index (χ2v) is 6.13. The molecule has 0 bridgehead atoms. The van der Waals surface area contributed by atoms with E-state index >= 15 is 0 Å². The summed E-state index contributed by atoms with van der Waals surface area (Å²) in [7, 11) is -4.32. The molecule has 0 amide bonds. The molecule has 0 saturated heterocycles. The van der Waals surface area contributed by atoms with Gasteiger partial charge < -0.3 is 9.84 Å². The van der Waals surface area contributed by atoms with Crippen LogP contribution >= 0.6 is 11.6 Å². The van der Waals surface area contributed by atoms with Gasteiger partial charge in [0.25, 0.3) is 0 Å². The van der Waals surface area contributed by atoms with Crippen LogP contribution in [0.4, 0.5) is 17.6 Å². The Kier molecular flexibility index (Phi) is 4.73. The molecule has 0 aliphatic rings. The van der Waals surface area contributed by atoms with Crippen LogP contribution in [0, 0.1) is 0 Å². The summed E-state index contributed by atoms with van der Waals surface area (Å²) >= 11 is 5.53. The number of halogens is 5. The fourth-order valence-corrected chi connectivity index (χ4v) is 2.89. The predicted octanol–water partition coefficient (Wildman–Crippen LogP) is 2.68. The first-order valence-electron chi connectivity index (χ1n) is 4.98. The summed E-state index contributed by atoms with van der Waals surface area (Å²) in [6, 6.07) is 1.18. The molecule has 0 unspecified atom stereocenters. The highest BCUT2D eigenvalue weighted by molar-refractivity contribution is 7.91. The lowest BCUT2D eigenvalue weighted by atomic mass is 10.2. The van der Waals surface area contributed by atoms with Crippen molar-refractivity contribution in [3.05, 3.63) is 22.7 Å². The third-order valence-corrected chi connectivity index (χ3v) is 3.81. The van der Waals surface area contributed by atoms with Crippen LogP contribution < -0.4 is 4.74 Å². The molecule has 1 aromatic carbocycles. The maximum Gasteiger partial charge on any atom is 0.461 e. The van der Waals surface area contributed by atoms with Gasteiger partial charge >= 0.3 is 18.5 Å². The predicted molar refractivity (Wildman–Crippen MR) is 63.1 cm³/mol. The van der Waals surface area contributed by atoms with Crippen molar-refractivity contribution in [3.63, 3.8) is 0 Å². The lowest BCUT2D eigenvalue weighted by Gasteiger charge is -2.19. The minimum Gasteiger partial charge on any atom is -0.478 e. The molecule has 0 spiro atoms. The Labute approximate surface area is 121 Å². The molecule has 0 aliphatic heterocycles. The average molecular weight is 351 g/mol. The van der Waals surface area contributed by atoms with Gasteiger partial charge in [0.1, 0.15) is 10.6 Å². The van der Waals surface area contributed by atoms with Gasteiger partial charge in [-0.15, -0.1) is 0 Å². The van der Waals surface area contributed by atoms with E-state index in [1.807, 2.05) is 0 Å². The molecular weight excluding hydrogens is 344 g/mol. The number of carboxylic acids is 1. The molecule has 11 heteroatoms. The van der Waals surface area contributed by atoms with Gasteiger partial charge in [0.05, 0.1) is 10.6 Å². The number of benzene rings is 1. The molecular formula is C10H7ClF4O5S. The van der Waals surface area contributed by atoms with E-state index in [0.29, 0.717) is 18.4 Å². The van der Waals surface area contributed by atoms with Gasteiger partial charge in [-0.25, -0.2) is 13.2 Å². The van der Waals surface area contributed by atoms with Gasteiger partial charge in [0.2, 0.25) is 0 Å². The Morgan fingerprint density at radius 2 is 1.90 bits per heavy atom. The van der Waals surface area contributed by atoms with E-state index in [9.17, 15) is 30.8 Å². The summed E-state index contributed by atoms with van der Waals surface area (Å²) in [5.41, 5.74) is -0.704. The highest BCUT2D eigenvalue weighted by atomic mass is 35.5. The first kappa shape index (κ1) is 17.5. The molecule has 5 nitrogen and oxygen atoms in total. The molecule has 0 saturated carbocycles. The first-order chi connectivity index (χ1) is 9.38. The molecule has 0 atom stereocenters. The first-order valence-corrected chi connectivity index (χ1v) is 7.25. The molecule has 118 valence electrons. The highest BCUT2D eigenvalue weighted by Gasteiger charge is 2.45. The van der Waals surface area contributed by atoms with Crippen molar-refractivity contribution in [2.45, 2.75) is 17.4 Å². The van der Waals surface area contributed by atoms with E-state index in [4.69, 9.17) is 16.7 Å². The zero-order valence-electron chi connectivity index (χ0n) is 10.1. The summed E-state index contributed by atoms with van der Waals surface area (Å²) in [6.45, 7) is 0. The molecule has 21 heavy (non-hydrogen) atoms. The van der Waals surface area contributed by atoms with E-state index in [1.165, 1.54) is 0 Å². The van der Waals surface area contributed by atoms with Crippen molar-refractivity contribution in [1.29, 1.82) is 0 Å². The smallest absolute Gasteiger partial charge is 0.461 e. The van der Waals surface area contributed by atoms with Crippen LogP contribution in [-0.4, -0.2) is 38.3 Å². The van der Waals surface area contributed by atoms with E-state index < -0.39 is 49.6 Å². The van der Waals surface area contributed by atoms with Crippen molar-refractivity contribution in [3.8, 4) is 5.75 Å². The fourth-order valence-electron chi connectivity index (χ4n) is 1.32. The van der Waals surface area contributed by atoms with E-state index in [0.717, 1.165) is 0 Å². The second-order valence-electron chi connectivity index (χ2n) is 3.80. The molecule has 0 fully saturated rings. The number of hydrogen-bond donors (Lipinski definition) is 1. The number of ether oxygens (including phenoxy) is 1. The van der Waals surface area contributed by atoms with Crippen molar-refractivity contribution < 1.29 is 40.6 Å².